The second kappa shape index (κ2) is 11.4. The fourth-order valence-electron chi connectivity index (χ4n) is 2.53. The summed E-state index contributed by atoms with van der Waals surface area (Å²) in [6.07, 6.45) is 1.11. The van der Waals surface area contributed by atoms with Gasteiger partial charge in [-0.2, -0.15) is 0 Å². The molecule has 29 heavy (non-hydrogen) atoms. The number of ether oxygens (including phenoxy) is 1. The van der Waals surface area contributed by atoms with Gasteiger partial charge in [-0.1, -0.05) is 55.8 Å². The lowest BCUT2D eigenvalue weighted by Crippen LogP contribution is -2.50. The monoisotopic (exact) mass is 433 g/mol. The van der Waals surface area contributed by atoms with Crippen LogP contribution >= 0.6 is 23.8 Å². The Kier molecular flexibility index (Phi) is 8.89. The summed E-state index contributed by atoms with van der Waals surface area (Å²) >= 11 is 10.8. The summed E-state index contributed by atoms with van der Waals surface area (Å²) in [4.78, 5) is 24.0. The van der Waals surface area contributed by atoms with Gasteiger partial charge in [-0.3, -0.25) is 20.4 Å². The maximum Gasteiger partial charge on any atom is 0.276 e. The van der Waals surface area contributed by atoms with Crippen molar-refractivity contribution in [1.82, 2.24) is 16.2 Å². The van der Waals surface area contributed by atoms with Crippen LogP contribution in [-0.4, -0.2) is 23.5 Å². The Morgan fingerprint density at radius 2 is 1.76 bits per heavy atom. The number of carbonyl (C=O) groups is 2. The number of benzene rings is 2. The van der Waals surface area contributed by atoms with Crippen LogP contribution in [0.5, 0.6) is 5.75 Å². The quantitative estimate of drug-likeness (QED) is 0.460. The van der Waals surface area contributed by atoms with E-state index in [9.17, 15) is 9.59 Å². The van der Waals surface area contributed by atoms with E-state index in [0.717, 1.165) is 17.5 Å². The van der Waals surface area contributed by atoms with Gasteiger partial charge in [0.25, 0.3) is 5.91 Å². The van der Waals surface area contributed by atoms with Gasteiger partial charge in [0.15, 0.2) is 11.7 Å². The van der Waals surface area contributed by atoms with Crippen LogP contribution in [0.15, 0.2) is 48.5 Å². The van der Waals surface area contributed by atoms with E-state index in [0.29, 0.717) is 16.7 Å². The highest BCUT2D eigenvalue weighted by molar-refractivity contribution is 7.80. The van der Waals surface area contributed by atoms with E-state index < -0.39 is 5.91 Å². The van der Waals surface area contributed by atoms with Crippen molar-refractivity contribution in [2.45, 2.75) is 32.6 Å². The third-order valence-corrected chi connectivity index (χ3v) is 4.72. The van der Waals surface area contributed by atoms with Crippen molar-refractivity contribution in [3.05, 3.63) is 64.7 Å². The molecule has 3 N–H and O–H groups in total. The molecule has 2 aromatic carbocycles. The molecule has 0 radical (unpaired) electrons. The third-order valence-electron chi connectivity index (χ3n) is 4.27. The van der Waals surface area contributed by atoms with E-state index >= 15 is 0 Å². The van der Waals surface area contributed by atoms with Crippen LogP contribution < -0.4 is 20.9 Å². The molecule has 1 atom stereocenters. The number of hydrogen-bond donors (Lipinski definition) is 3. The molecule has 0 aliphatic heterocycles. The zero-order valence-electron chi connectivity index (χ0n) is 16.3. The minimum Gasteiger partial charge on any atom is -0.483 e. The average molecular weight is 434 g/mol. The summed E-state index contributed by atoms with van der Waals surface area (Å²) in [6, 6.07) is 14.6. The lowest BCUT2D eigenvalue weighted by atomic mass is 9.98. The molecular weight excluding hydrogens is 410 g/mol. The minimum absolute atomic E-state index is 0.00248. The lowest BCUT2D eigenvalue weighted by molar-refractivity contribution is -0.124. The molecule has 6 nitrogen and oxygen atoms in total. The Morgan fingerprint density at radius 3 is 2.45 bits per heavy atom. The Morgan fingerprint density at radius 1 is 1.07 bits per heavy atom. The number of hydrogen-bond acceptors (Lipinski definition) is 4. The number of halogens is 1. The van der Waals surface area contributed by atoms with E-state index in [1.165, 1.54) is 0 Å². The van der Waals surface area contributed by atoms with Crippen molar-refractivity contribution >= 4 is 40.7 Å². The maximum absolute atomic E-state index is 12.0. The van der Waals surface area contributed by atoms with Crippen molar-refractivity contribution < 1.29 is 14.3 Å². The third kappa shape index (κ3) is 7.71. The van der Waals surface area contributed by atoms with Crippen molar-refractivity contribution in [3.63, 3.8) is 0 Å². The number of carbonyl (C=O) groups excluding carboxylic acids is 2. The van der Waals surface area contributed by atoms with Crippen LogP contribution in [0.1, 0.15) is 37.3 Å². The van der Waals surface area contributed by atoms with Gasteiger partial charge in [-0.15, -0.1) is 0 Å². The fraction of sp³-hybridized carbons (Fsp3) is 0.286. The summed E-state index contributed by atoms with van der Waals surface area (Å²) in [5.74, 6) is 0.280. The molecule has 8 heteroatoms. The Bertz CT molecular complexity index is 859. The van der Waals surface area contributed by atoms with Gasteiger partial charge in [0.2, 0.25) is 5.91 Å². The molecule has 2 amide bonds. The summed E-state index contributed by atoms with van der Waals surface area (Å²) in [5, 5.41) is 3.09. The van der Waals surface area contributed by atoms with E-state index in [4.69, 9.17) is 28.6 Å². The van der Waals surface area contributed by atoms with Gasteiger partial charge in [0.05, 0.1) is 6.42 Å². The minimum atomic E-state index is -0.418. The van der Waals surface area contributed by atoms with Gasteiger partial charge in [-0.25, -0.2) is 0 Å². The predicted molar refractivity (Wildman–Crippen MR) is 118 cm³/mol. The zero-order chi connectivity index (χ0) is 21.2. The molecular formula is C21H24ClN3O3S. The molecule has 0 fully saturated rings. The van der Waals surface area contributed by atoms with Gasteiger partial charge in [0, 0.05) is 5.02 Å². The van der Waals surface area contributed by atoms with Crippen LogP contribution in [0.4, 0.5) is 0 Å². The predicted octanol–water partition coefficient (Wildman–Crippen LogP) is 3.50. The van der Waals surface area contributed by atoms with Crippen LogP contribution in [0.3, 0.4) is 0 Å². The number of nitrogens with one attached hydrogen (secondary N) is 3. The second-order valence-corrected chi connectivity index (χ2v) is 7.33. The molecule has 154 valence electrons. The summed E-state index contributed by atoms with van der Waals surface area (Å²) in [7, 11) is 0. The molecule has 0 aliphatic carbocycles. The number of thiocarbonyl (C=S) groups is 1. The van der Waals surface area contributed by atoms with Crippen LogP contribution in [0.2, 0.25) is 5.02 Å². The summed E-state index contributed by atoms with van der Waals surface area (Å²) < 4.78 is 5.63. The molecule has 0 aromatic heterocycles. The molecule has 2 rings (SSSR count). The Labute approximate surface area is 180 Å². The van der Waals surface area contributed by atoms with Crippen molar-refractivity contribution in [3.8, 4) is 5.75 Å². The van der Waals surface area contributed by atoms with Crippen LogP contribution in [-0.2, 0) is 16.0 Å². The van der Waals surface area contributed by atoms with Crippen molar-refractivity contribution in [2.75, 3.05) is 6.61 Å². The van der Waals surface area contributed by atoms with E-state index in [-0.39, 0.29) is 24.0 Å². The van der Waals surface area contributed by atoms with Gasteiger partial charge in [0.1, 0.15) is 5.75 Å². The normalized spacial score (nSPS) is 11.3. The Hall–Kier alpha value is -2.64. The highest BCUT2D eigenvalue weighted by Crippen LogP contribution is 2.28. The fourth-order valence-corrected chi connectivity index (χ4v) is 2.83. The van der Waals surface area contributed by atoms with Crippen LogP contribution in [0.25, 0.3) is 0 Å². The smallest absolute Gasteiger partial charge is 0.276 e. The standard InChI is InChI=1S/C21H24ClN3O3S/c1-3-14(2)17-6-4-5-7-18(17)28-13-20(27)24-25-21(29)23-19(26)12-15-8-10-16(22)11-9-15/h4-11,14H,3,12-13H2,1-2H3,(H,24,27)(H2,23,25,26,29). The van der Waals surface area contributed by atoms with E-state index in [1.807, 2.05) is 24.3 Å². The van der Waals surface area contributed by atoms with Crippen LogP contribution in [0, 0.1) is 0 Å². The molecule has 0 aliphatic rings. The first kappa shape index (κ1) is 22.6. The first-order chi connectivity index (χ1) is 13.9. The van der Waals surface area contributed by atoms with Gasteiger partial charge < -0.3 is 10.1 Å². The molecule has 0 bridgehead atoms. The molecule has 1 unspecified atom stereocenters. The largest absolute Gasteiger partial charge is 0.483 e. The van der Waals surface area contributed by atoms with Gasteiger partial charge in [-0.05, 0) is 53.9 Å². The van der Waals surface area contributed by atoms with Crippen molar-refractivity contribution in [1.29, 1.82) is 0 Å². The first-order valence-corrected chi connectivity index (χ1v) is 10.0. The molecule has 2 aromatic rings. The molecule has 0 saturated carbocycles. The zero-order valence-corrected chi connectivity index (χ0v) is 17.9. The topological polar surface area (TPSA) is 79.5 Å². The van der Waals surface area contributed by atoms with Gasteiger partial charge >= 0.3 is 0 Å². The average Bonchev–Trinajstić information content (AvgIpc) is 2.72. The summed E-state index contributed by atoms with van der Waals surface area (Å²) in [6.45, 7) is 4.02. The Balaban J connectivity index is 1.74. The molecule has 0 saturated heterocycles. The summed E-state index contributed by atoms with van der Waals surface area (Å²) in [5.41, 5.74) is 6.75. The van der Waals surface area contributed by atoms with E-state index in [1.54, 1.807) is 24.3 Å². The second-order valence-electron chi connectivity index (χ2n) is 6.49. The van der Waals surface area contributed by atoms with E-state index in [2.05, 4.69) is 30.0 Å². The maximum atomic E-state index is 12.0. The highest BCUT2D eigenvalue weighted by atomic mass is 35.5. The number of para-hydroxylation sites is 1. The SMILES string of the molecule is CCC(C)c1ccccc1OCC(=O)NNC(=S)NC(=O)Cc1ccc(Cl)cc1. The lowest BCUT2D eigenvalue weighted by Gasteiger charge is -2.16. The molecule has 0 spiro atoms. The first-order valence-electron chi connectivity index (χ1n) is 9.23. The number of rotatable bonds is 7. The highest BCUT2D eigenvalue weighted by Gasteiger charge is 2.12. The number of hydrazine groups is 1. The van der Waals surface area contributed by atoms with Crippen molar-refractivity contribution in [2.24, 2.45) is 0 Å². The molecule has 0 heterocycles. The number of amides is 2.